The van der Waals surface area contributed by atoms with Gasteiger partial charge in [0.15, 0.2) is 0 Å². The fourth-order valence-corrected chi connectivity index (χ4v) is 5.19. The molecule has 0 spiro atoms. The van der Waals surface area contributed by atoms with Crippen LogP contribution in [0.1, 0.15) is 47.5 Å². The van der Waals surface area contributed by atoms with Crippen LogP contribution in [-0.2, 0) is 0 Å². The van der Waals surface area contributed by atoms with Crippen LogP contribution in [0.25, 0.3) is 0 Å². The van der Waals surface area contributed by atoms with Crippen LogP contribution in [0.15, 0.2) is 22.6 Å². The summed E-state index contributed by atoms with van der Waals surface area (Å²) in [7, 11) is 0. The molecule has 2 aliphatic rings. The van der Waals surface area contributed by atoms with Gasteiger partial charge in [-0.05, 0) is 67.1 Å². The molecule has 0 amide bonds. The van der Waals surface area contributed by atoms with Gasteiger partial charge in [0, 0.05) is 4.91 Å². The van der Waals surface area contributed by atoms with Gasteiger partial charge in [0.25, 0.3) is 0 Å². The lowest BCUT2D eigenvalue weighted by Gasteiger charge is -2.44. The quantitative estimate of drug-likeness (QED) is 0.589. The second-order valence-corrected chi connectivity index (χ2v) is 7.81. The summed E-state index contributed by atoms with van der Waals surface area (Å²) in [6.07, 6.45) is 10.0. The standard InChI is InChI=1S/C18H30S/c1-7-15(18-13(4)9-14(18)5)17(19-6)10-16-11(2)8-12(16)3/h7,10-14,16,18H,8-9H2,1-6H3/b15-7+,17-10+. The molecule has 0 nitrogen and oxygen atoms in total. The van der Waals surface area contributed by atoms with E-state index in [1.807, 2.05) is 11.8 Å². The smallest absolute Gasteiger partial charge is 0.00640 e. The second kappa shape index (κ2) is 6.08. The zero-order chi connectivity index (χ0) is 14.2. The van der Waals surface area contributed by atoms with Crippen LogP contribution in [0.2, 0.25) is 0 Å². The Labute approximate surface area is 124 Å². The number of thioether (sulfide) groups is 1. The molecule has 0 heterocycles. The highest BCUT2D eigenvalue weighted by molar-refractivity contribution is 8.02. The first-order valence-corrected chi connectivity index (χ1v) is 9.14. The van der Waals surface area contributed by atoms with E-state index in [1.165, 1.54) is 12.8 Å². The number of rotatable bonds is 4. The van der Waals surface area contributed by atoms with E-state index in [1.54, 1.807) is 10.5 Å². The van der Waals surface area contributed by atoms with E-state index in [0.717, 1.165) is 35.5 Å². The van der Waals surface area contributed by atoms with Crippen LogP contribution in [0.3, 0.4) is 0 Å². The first-order valence-electron chi connectivity index (χ1n) is 7.91. The Kier molecular flexibility index (Phi) is 4.87. The summed E-state index contributed by atoms with van der Waals surface area (Å²) >= 11 is 1.96. The molecule has 0 saturated heterocycles. The molecule has 108 valence electrons. The monoisotopic (exact) mass is 278 g/mol. The second-order valence-electron chi connectivity index (χ2n) is 6.96. The maximum atomic E-state index is 2.59. The van der Waals surface area contributed by atoms with Crippen LogP contribution < -0.4 is 0 Å². The number of hydrogen-bond donors (Lipinski definition) is 0. The summed E-state index contributed by atoms with van der Waals surface area (Å²) in [6.45, 7) is 11.9. The van der Waals surface area contributed by atoms with Gasteiger partial charge in [-0.1, -0.05) is 39.8 Å². The van der Waals surface area contributed by atoms with Crippen molar-refractivity contribution in [2.75, 3.05) is 6.26 Å². The van der Waals surface area contributed by atoms with Crippen LogP contribution in [-0.4, -0.2) is 6.26 Å². The summed E-state index contributed by atoms with van der Waals surface area (Å²) in [5, 5.41) is 0. The summed E-state index contributed by atoms with van der Waals surface area (Å²) in [6, 6.07) is 0. The third-order valence-corrected chi connectivity index (χ3v) is 6.36. The fraction of sp³-hybridized carbons (Fsp3) is 0.778. The molecule has 19 heavy (non-hydrogen) atoms. The third kappa shape index (κ3) is 2.82. The Morgan fingerprint density at radius 1 is 0.947 bits per heavy atom. The van der Waals surface area contributed by atoms with E-state index in [-0.39, 0.29) is 0 Å². The lowest BCUT2D eigenvalue weighted by molar-refractivity contribution is 0.136. The predicted molar refractivity (Wildman–Crippen MR) is 88.2 cm³/mol. The minimum absolute atomic E-state index is 0.800. The van der Waals surface area contributed by atoms with Crippen molar-refractivity contribution in [3.05, 3.63) is 22.6 Å². The van der Waals surface area contributed by atoms with E-state index >= 15 is 0 Å². The lowest BCUT2D eigenvalue weighted by Crippen LogP contribution is -2.35. The van der Waals surface area contributed by atoms with Crippen LogP contribution in [0.5, 0.6) is 0 Å². The van der Waals surface area contributed by atoms with Gasteiger partial charge in [0.2, 0.25) is 0 Å². The van der Waals surface area contributed by atoms with Crippen molar-refractivity contribution in [3.63, 3.8) is 0 Å². The Morgan fingerprint density at radius 3 is 1.84 bits per heavy atom. The van der Waals surface area contributed by atoms with Gasteiger partial charge in [-0.15, -0.1) is 11.8 Å². The molecular formula is C18H30S. The molecule has 2 aliphatic carbocycles. The van der Waals surface area contributed by atoms with E-state index < -0.39 is 0 Å². The molecular weight excluding hydrogens is 248 g/mol. The molecule has 0 aromatic heterocycles. The van der Waals surface area contributed by atoms with Gasteiger partial charge in [-0.25, -0.2) is 0 Å². The minimum Gasteiger partial charge on any atom is -0.130 e. The average Bonchev–Trinajstić information content (AvgIpc) is 2.37. The maximum absolute atomic E-state index is 2.59. The fourth-order valence-electron chi connectivity index (χ4n) is 4.41. The molecule has 0 radical (unpaired) electrons. The Bertz CT molecular complexity index is 363. The average molecular weight is 279 g/mol. The molecule has 0 aromatic rings. The third-order valence-electron chi connectivity index (χ3n) is 5.55. The van der Waals surface area contributed by atoms with Crippen LogP contribution >= 0.6 is 11.8 Å². The van der Waals surface area contributed by atoms with Gasteiger partial charge < -0.3 is 0 Å². The Hall–Kier alpha value is -0.170. The van der Waals surface area contributed by atoms with Crippen molar-refractivity contribution in [2.24, 2.45) is 35.5 Å². The highest BCUT2D eigenvalue weighted by atomic mass is 32.2. The molecule has 4 unspecified atom stereocenters. The largest absolute Gasteiger partial charge is 0.130 e. The molecule has 2 fully saturated rings. The van der Waals surface area contributed by atoms with E-state index in [9.17, 15) is 0 Å². The van der Waals surface area contributed by atoms with Crippen molar-refractivity contribution in [1.82, 2.24) is 0 Å². The topological polar surface area (TPSA) is 0 Å². The minimum atomic E-state index is 0.800. The molecule has 0 aliphatic heterocycles. The Balaban J connectivity index is 2.18. The lowest BCUT2D eigenvalue weighted by atomic mass is 9.62. The summed E-state index contributed by atoms with van der Waals surface area (Å²) in [5.41, 5.74) is 1.63. The van der Waals surface area contributed by atoms with Gasteiger partial charge in [-0.3, -0.25) is 0 Å². The molecule has 2 saturated carbocycles. The predicted octanol–water partition coefficient (Wildman–Crippen LogP) is 5.76. The summed E-state index contributed by atoms with van der Waals surface area (Å²) in [4.78, 5) is 1.56. The molecule has 1 heteroatoms. The highest BCUT2D eigenvalue weighted by Crippen LogP contribution is 2.49. The zero-order valence-corrected chi connectivity index (χ0v) is 14.3. The first kappa shape index (κ1) is 15.2. The van der Waals surface area contributed by atoms with Crippen LogP contribution in [0.4, 0.5) is 0 Å². The first-order chi connectivity index (χ1) is 8.99. The van der Waals surface area contributed by atoms with E-state index in [2.05, 4.69) is 53.0 Å². The summed E-state index contributed by atoms with van der Waals surface area (Å²) < 4.78 is 0. The van der Waals surface area contributed by atoms with Gasteiger partial charge in [0.1, 0.15) is 0 Å². The highest BCUT2D eigenvalue weighted by Gasteiger charge is 2.39. The van der Waals surface area contributed by atoms with E-state index in [0.29, 0.717) is 0 Å². The van der Waals surface area contributed by atoms with Crippen molar-refractivity contribution in [3.8, 4) is 0 Å². The molecule has 4 atom stereocenters. The van der Waals surface area contributed by atoms with E-state index in [4.69, 9.17) is 0 Å². The normalized spacial score (nSPS) is 43.7. The summed E-state index contributed by atoms with van der Waals surface area (Å²) in [5.74, 6) is 5.11. The number of allylic oxidation sites excluding steroid dienone is 3. The molecule has 0 aromatic carbocycles. The molecule has 0 bridgehead atoms. The zero-order valence-electron chi connectivity index (χ0n) is 13.4. The maximum Gasteiger partial charge on any atom is 0.00640 e. The van der Waals surface area contributed by atoms with Gasteiger partial charge in [0.05, 0.1) is 0 Å². The van der Waals surface area contributed by atoms with Gasteiger partial charge in [-0.2, -0.15) is 0 Å². The SMILES string of the molecule is C/C=C(\C(=C/C1C(C)CC1C)SC)C1C(C)CC1C. The molecule has 0 N–H and O–H groups in total. The van der Waals surface area contributed by atoms with Gasteiger partial charge >= 0.3 is 0 Å². The van der Waals surface area contributed by atoms with Crippen molar-refractivity contribution >= 4 is 11.8 Å². The Morgan fingerprint density at radius 2 is 1.47 bits per heavy atom. The number of hydrogen-bond acceptors (Lipinski definition) is 1. The van der Waals surface area contributed by atoms with Crippen molar-refractivity contribution < 1.29 is 0 Å². The molecule has 2 rings (SSSR count). The van der Waals surface area contributed by atoms with Crippen molar-refractivity contribution in [1.29, 1.82) is 0 Å². The van der Waals surface area contributed by atoms with Crippen molar-refractivity contribution in [2.45, 2.75) is 47.5 Å². The van der Waals surface area contributed by atoms with Crippen LogP contribution in [0, 0.1) is 35.5 Å².